The molecule has 0 fully saturated rings. The Morgan fingerprint density at radius 3 is 2.27 bits per heavy atom. The van der Waals surface area contributed by atoms with Crippen LogP contribution >= 0.6 is 46.4 Å². The average Bonchev–Trinajstić information content (AvgIpc) is 2.59. The molecule has 0 saturated carbocycles. The summed E-state index contributed by atoms with van der Waals surface area (Å²) in [5.74, 6) is -0.580. The van der Waals surface area contributed by atoms with Gasteiger partial charge in [0.05, 0.1) is 9.92 Å². The van der Waals surface area contributed by atoms with Crippen molar-refractivity contribution in [2.75, 3.05) is 6.61 Å². The Labute approximate surface area is 170 Å². The number of halogens is 4. The van der Waals surface area contributed by atoms with Gasteiger partial charge in [0.25, 0.3) is 5.91 Å². The van der Waals surface area contributed by atoms with Crippen LogP contribution in [0.3, 0.4) is 0 Å². The lowest BCUT2D eigenvalue weighted by atomic mass is 10.3. The predicted octanol–water partition coefficient (Wildman–Crippen LogP) is 4.57. The number of nitrogens with one attached hydrogen (secondary N) is 1. The minimum atomic E-state index is -4.11. The Kier molecular flexibility index (Phi) is 7.20. The first kappa shape index (κ1) is 20.9. The summed E-state index contributed by atoms with van der Waals surface area (Å²) in [6, 6.07) is 11.8. The van der Waals surface area contributed by atoms with Crippen LogP contribution in [0.5, 0.6) is 5.75 Å². The molecule has 5 nitrogen and oxygen atoms in total. The van der Waals surface area contributed by atoms with Crippen molar-refractivity contribution >= 4 is 62.1 Å². The van der Waals surface area contributed by atoms with E-state index in [0.29, 0.717) is 5.02 Å². The van der Waals surface area contributed by atoms with Gasteiger partial charge >= 0.3 is 0 Å². The minimum Gasteiger partial charge on any atom is -0.482 e. The van der Waals surface area contributed by atoms with Crippen LogP contribution in [0.4, 0.5) is 0 Å². The lowest BCUT2D eigenvalue weighted by Gasteiger charge is -2.12. The summed E-state index contributed by atoms with van der Waals surface area (Å²) in [5, 5.41) is 2.12. The summed E-state index contributed by atoms with van der Waals surface area (Å²) in [5.41, 5.74) is 0. The van der Waals surface area contributed by atoms with Gasteiger partial charge in [0.15, 0.2) is 11.6 Å². The van der Waals surface area contributed by atoms with E-state index in [1.165, 1.54) is 42.5 Å². The maximum atomic E-state index is 12.6. The topological polar surface area (TPSA) is 72.5 Å². The van der Waals surface area contributed by atoms with E-state index in [1.807, 2.05) is 0 Å². The molecule has 2 aromatic carbocycles. The molecule has 2 rings (SSSR count). The first-order valence-corrected chi connectivity index (χ1v) is 9.94. The highest BCUT2D eigenvalue weighted by molar-refractivity contribution is 7.95. The average molecular weight is 455 g/mol. The highest BCUT2D eigenvalue weighted by Crippen LogP contribution is 2.28. The molecule has 2 aromatic rings. The SMILES string of the molecule is O=C(COc1ccc(Cl)cc1Cl)NC(=C(Cl)Cl)S(=O)(=O)c1ccccc1. The highest BCUT2D eigenvalue weighted by atomic mass is 35.5. The molecule has 0 aromatic heterocycles. The van der Waals surface area contributed by atoms with Gasteiger partial charge in [0.2, 0.25) is 9.84 Å². The molecule has 1 amide bonds. The summed E-state index contributed by atoms with van der Waals surface area (Å²) in [6.45, 7) is -0.518. The van der Waals surface area contributed by atoms with Crippen molar-refractivity contribution in [3.8, 4) is 5.75 Å². The number of rotatable bonds is 6. The second-order valence-corrected chi connectivity index (χ2v) is 8.50. The van der Waals surface area contributed by atoms with E-state index in [9.17, 15) is 13.2 Å². The van der Waals surface area contributed by atoms with Crippen molar-refractivity contribution in [1.82, 2.24) is 5.32 Å². The number of benzene rings is 2. The third-order valence-corrected chi connectivity index (χ3v) is 5.87. The molecule has 0 unspecified atom stereocenters. The van der Waals surface area contributed by atoms with E-state index in [0.717, 1.165) is 0 Å². The molecule has 0 aliphatic carbocycles. The number of amides is 1. The van der Waals surface area contributed by atoms with Crippen LogP contribution in [-0.2, 0) is 14.6 Å². The van der Waals surface area contributed by atoms with E-state index in [2.05, 4.69) is 5.32 Å². The van der Waals surface area contributed by atoms with E-state index in [-0.39, 0.29) is 15.7 Å². The van der Waals surface area contributed by atoms with Crippen molar-refractivity contribution in [1.29, 1.82) is 0 Å². The van der Waals surface area contributed by atoms with Gasteiger partial charge in [0.1, 0.15) is 10.2 Å². The van der Waals surface area contributed by atoms with Gasteiger partial charge < -0.3 is 10.1 Å². The number of carbonyl (C=O) groups excluding carboxylic acids is 1. The quantitative estimate of drug-likeness (QED) is 0.693. The molecule has 0 aliphatic heterocycles. The lowest BCUT2D eigenvalue weighted by Crippen LogP contribution is -2.32. The Morgan fingerprint density at radius 2 is 1.69 bits per heavy atom. The Bertz CT molecular complexity index is 942. The van der Waals surface area contributed by atoms with E-state index >= 15 is 0 Å². The molecule has 0 heterocycles. The molecule has 1 N–H and O–H groups in total. The van der Waals surface area contributed by atoms with Gasteiger partial charge in [-0.3, -0.25) is 4.79 Å². The fraction of sp³-hybridized carbons (Fsp3) is 0.0625. The zero-order valence-corrected chi connectivity index (χ0v) is 16.7. The molecular weight excluding hydrogens is 444 g/mol. The number of sulfone groups is 1. The summed E-state index contributed by atoms with van der Waals surface area (Å²) in [6.07, 6.45) is 0. The van der Waals surface area contributed by atoms with Crippen molar-refractivity contribution in [3.05, 3.63) is 68.1 Å². The zero-order chi connectivity index (χ0) is 19.3. The molecular formula is C16H11Cl4NO4S. The minimum absolute atomic E-state index is 0.0734. The van der Waals surface area contributed by atoms with Crippen LogP contribution in [0, 0.1) is 0 Å². The second kappa shape index (κ2) is 8.97. The first-order valence-electron chi connectivity index (χ1n) is 6.95. The van der Waals surface area contributed by atoms with Gasteiger partial charge in [-0.1, -0.05) is 64.6 Å². The van der Waals surface area contributed by atoms with Gasteiger partial charge in [-0.2, -0.15) is 0 Å². The smallest absolute Gasteiger partial charge is 0.262 e. The maximum absolute atomic E-state index is 12.6. The van der Waals surface area contributed by atoms with E-state index in [1.54, 1.807) is 6.07 Å². The predicted molar refractivity (Wildman–Crippen MR) is 102 cm³/mol. The number of ether oxygens (including phenoxy) is 1. The Morgan fingerprint density at radius 1 is 1.04 bits per heavy atom. The van der Waals surface area contributed by atoms with Crippen LogP contribution in [0.25, 0.3) is 0 Å². The third kappa shape index (κ3) is 5.28. The summed E-state index contributed by atoms with van der Waals surface area (Å²) in [7, 11) is -4.11. The molecule has 10 heteroatoms. The van der Waals surface area contributed by atoms with Crippen LogP contribution in [0.15, 0.2) is 62.9 Å². The van der Waals surface area contributed by atoms with Crippen molar-refractivity contribution in [3.63, 3.8) is 0 Å². The number of hydrogen-bond acceptors (Lipinski definition) is 4. The fourth-order valence-corrected chi connectivity index (χ4v) is 4.20. The standard InChI is InChI=1S/C16H11Cl4NO4S/c17-10-6-7-13(12(18)8-10)25-9-14(22)21-16(15(19)20)26(23,24)11-4-2-1-3-5-11/h1-8H,9H2,(H,21,22). The van der Waals surface area contributed by atoms with Crippen molar-refractivity contribution < 1.29 is 17.9 Å². The fourth-order valence-electron chi connectivity index (χ4n) is 1.83. The molecule has 0 radical (unpaired) electrons. The molecule has 26 heavy (non-hydrogen) atoms. The van der Waals surface area contributed by atoms with Gasteiger partial charge in [0, 0.05) is 5.02 Å². The zero-order valence-electron chi connectivity index (χ0n) is 12.9. The van der Waals surface area contributed by atoms with Crippen LogP contribution < -0.4 is 10.1 Å². The number of carbonyl (C=O) groups is 1. The summed E-state index contributed by atoms with van der Waals surface area (Å²) >= 11 is 23.0. The molecule has 0 aliphatic rings. The summed E-state index contributed by atoms with van der Waals surface area (Å²) < 4.78 is 29.8. The molecule has 0 bridgehead atoms. The van der Waals surface area contributed by atoms with Crippen LogP contribution in [0.1, 0.15) is 0 Å². The lowest BCUT2D eigenvalue weighted by molar-refractivity contribution is -0.122. The number of hydrogen-bond donors (Lipinski definition) is 1. The van der Waals surface area contributed by atoms with E-state index < -0.39 is 31.9 Å². The Hall–Kier alpha value is -1.44. The summed E-state index contributed by atoms with van der Waals surface area (Å²) in [4.78, 5) is 12.0. The molecule has 0 atom stereocenters. The third-order valence-electron chi connectivity index (χ3n) is 3.00. The largest absolute Gasteiger partial charge is 0.482 e. The van der Waals surface area contributed by atoms with Crippen LogP contribution in [0.2, 0.25) is 10.0 Å². The van der Waals surface area contributed by atoms with Gasteiger partial charge in [-0.25, -0.2) is 8.42 Å². The maximum Gasteiger partial charge on any atom is 0.262 e. The van der Waals surface area contributed by atoms with Crippen molar-refractivity contribution in [2.24, 2.45) is 0 Å². The van der Waals surface area contributed by atoms with Crippen molar-refractivity contribution in [2.45, 2.75) is 4.90 Å². The molecule has 138 valence electrons. The van der Waals surface area contributed by atoms with Gasteiger partial charge in [-0.15, -0.1) is 0 Å². The monoisotopic (exact) mass is 453 g/mol. The van der Waals surface area contributed by atoms with E-state index in [4.69, 9.17) is 51.1 Å². The highest BCUT2D eigenvalue weighted by Gasteiger charge is 2.25. The normalized spacial score (nSPS) is 10.9. The first-order chi connectivity index (χ1) is 12.2. The molecule has 0 spiro atoms. The Balaban J connectivity index is 2.13. The molecule has 0 saturated heterocycles. The second-order valence-electron chi connectivity index (χ2n) is 4.82. The van der Waals surface area contributed by atoms with Gasteiger partial charge in [-0.05, 0) is 30.3 Å². The van der Waals surface area contributed by atoms with Crippen LogP contribution in [-0.4, -0.2) is 20.9 Å².